The van der Waals surface area contributed by atoms with Gasteiger partial charge in [0, 0.05) is 10.4 Å². The molecule has 0 bridgehead atoms. The lowest BCUT2D eigenvalue weighted by molar-refractivity contribution is 0.466. The molecule has 2 fully saturated rings. The van der Waals surface area contributed by atoms with Gasteiger partial charge in [0.25, 0.3) is 0 Å². The molecule has 0 nitrogen and oxygen atoms in total. The van der Waals surface area contributed by atoms with Gasteiger partial charge in [-0.05, 0) is 65.1 Å². The van der Waals surface area contributed by atoms with Crippen LogP contribution in [0.25, 0.3) is 0 Å². The monoisotopic (exact) mass is 364 g/mol. The van der Waals surface area contributed by atoms with Crippen molar-refractivity contribution in [3.8, 4) is 0 Å². The lowest BCUT2D eigenvalue weighted by Gasteiger charge is -2.20. The van der Waals surface area contributed by atoms with E-state index in [9.17, 15) is 8.78 Å². The highest BCUT2D eigenvalue weighted by Crippen LogP contribution is 2.58. The summed E-state index contributed by atoms with van der Waals surface area (Å²) in [7, 11) is 0. The predicted molar refractivity (Wildman–Crippen MR) is 70.0 cm³/mol. The van der Waals surface area contributed by atoms with Crippen LogP contribution in [0.4, 0.5) is 8.78 Å². The van der Waals surface area contributed by atoms with E-state index in [4.69, 9.17) is 0 Å². The Balaban J connectivity index is 1.85. The van der Waals surface area contributed by atoms with Crippen LogP contribution in [0.3, 0.4) is 0 Å². The third kappa shape index (κ3) is 2.19. The molecule has 0 saturated heterocycles. The summed E-state index contributed by atoms with van der Waals surface area (Å²) >= 11 is 6.55. The van der Waals surface area contributed by atoms with Gasteiger partial charge in [-0.1, -0.05) is 15.9 Å². The standard InChI is InChI=1S/C13H12Br2F2/c14-10-5-11(16)9(4-12(10)17)13(15)8-2-6-1-7(6)3-8/h4-8,13H,1-3H2. The first kappa shape index (κ1) is 12.1. The van der Waals surface area contributed by atoms with E-state index in [0.717, 1.165) is 24.7 Å². The van der Waals surface area contributed by atoms with E-state index in [1.165, 1.54) is 18.6 Å². The van der Waals surface area contributed by atoms with E-state index in [2.05, 4.69) is 31.9 Å². The van der Waals surface area contributed by atoms with Gasteiger partial charge in [0.15, 0.2) is 0 Å². The minimum absolute atomic E-state index is 0.0575. The van der Waals surface area contributed by atoms with Gasteiger partial charge in [-0.15, -0.1) is 0 Å². The second-order valence-corrected chi connectivity index (χ2v) is 7.02. The fourth-order valence-corrected chi connectivity index (χ4v) is 4.10. The van der Waals surface area contributed by atoms with Crippen LogP contribution in [0.15, 0.2) is 16.6 Å². The zero-order chi connectivity index (χ0) is 12.2. The van der Waals surface area contributed by atoms with Gasteiger partial charge in [-0.25, -0.2) is 8.78 Å². The Kier molecular flexibility index (Phi) is 3.06. The number of rotatable bonds is 2. The smallest absolute Gasteiger partial charge is 0.137 e. The number of hydrogen-bond donors (Lipinski definition) is 0. The molecule has 3 unspecified atom stereocenters. The molecule has 92 valence electrons. The Bertz CT molecular complexity index is 451. The number of benzene rings is 1. The second-order valence-electron chi connectivity index (χ2n) is 5.18. The van der Waals surface area contributed by atoms with Crippen molar-refractivity contribution in [1.82, 2.24) is 0 Å². The van der Waals surface area contributed by atoms with Gasteiger partial charge in [0.2, 0.25) is 0 Å². The fraction of sp³-hybridized carbons (Fsp3) is 0.538. The van der Waals surface area contributed by atoms with Gasteiger partial charge < -0.3 is 0 Å². The molecule has 0 radical (unpaired) electrons. The van der Waals surface area contributed by atoms with Crippen molar-refractivity contribution < 1.29 is 8.78 Å². The summed E-state index contributed by atoms with van der Waals surface area (Å²) in [5.74, 6) is 1.43. The molecule has 2 aliphatic rings. The topological polar surface area (TPSA) is 0 Å². The highest BCUT2D eigenvalue weighted by molar-refractivity contribution is 9.10. The molecular formula is C13H12Br2F2. The maximum atomic E-state index is 13.8. The van der Waals surface area contributed by atoms with Gasteiger partial charge in [0.1, 0.15) is 11.6 Å². The third-order valence-corrected chi connectivity index (χ3v) is 5.88. The van der Waals surface area contributed by atoms with Crippen LogP contribution in [-0.2, 0) is 0 Å². The molecule has 1 aromatic rings. The van der Waals surface area contributed by atoms with Gasteiger partial charge in [-0.3, -0.25) is 0 Å². The van der Waals surface area contributed by atoms with E-state index < -0.39 is 5.82 Å². The summed E-state index contributed by atoms with van der Waals surface area (Å²) in [5, 5.41) is 0. The summed E-state index contributed by atoms with van der Waals surface area (Å²) < 4.78 is 27.5. The molecule has 0 amide bonds. The molecule has 3 rings (SSSR count). The normalized spacial score (nSPS) is 32.4. The van der Waals surface area contributed by atoms with Crippen LogP contribution in [0.5, 0.6) is 0 Å². The van der Waals surface area contributed by atoms with Crippen molar-refractivity contribution in [3.63, 3.8) is 0 Å². The molecule has 0 spiro atoms. The van der Waals surface area contributed by atoms with Gasteiger partial charge in [0.05, 0.1) is 4.47 Å². The summed E-state index contributed by atoms with van der Waals surface area (Å²) in [4.78, 5) is -0.0575. The highest BCUT2D eigenvalue weighted by atomic mass is 79.9. The van der Waals surface area contributed by atoms with Gasteiger partial charge >= 0.3 is 0 Å². The van der Waals surface area contributed by atoms with Crippen molar-refractivity contribution in [3.05, 3.63) is 33.8 Å². The number of fused-ring (bicyclic) bond motifs is 1. The largest absolute Gasteiger partial charge is 0.207 e. The maximum Gasteiger partial charge on any atom is 0.137 e. The van der Waals surface area contributed by atoms with Crippen LogP contribution in [0.1, 0.15) is 29.7 Å². The van der Waals surface area contributed by atoms with Crippen LogP contribution < -0.4 is 0 Å². The van der Waals surface area contributed by atoms with Crippen molar-refractivity contribution in [2.24, 2.45) is 17.8 Å². The first-order chi connectivity index (χ1) is 8.06. The van der Waals surface area contributed by atoms with Crippen LogP contribution >= 0.6 is 31.9 Å². The summed E-state index contributed by atoms with van der Waals surface area (Å²) in [6, 6.07) is 2.53. The van der Waals surface area contributed by atoms with E-state index in [1.807, 2.05) is 0 Å². The molecule has 2 saturated carbocycles. The Morgan fingerprint density at radius 1 is 1.06 bits per heavy atom. The van der Waals surface area contributed by atoms with E-state index in [-0.39, 0.29) is 15.1 Å². The number of hydrogen-bond acceptors (Lipinski definition) is 0. The summed E-state index contributed by atoms with van der Waals surface area (Å²) in [5.41, 5.74) is 0.456. The first-order valence-electron chi connectivity index (χ1n) is 5.84. The lowest BCUT2D eigenvalue weighted by Crippen LogP contribution is -2.08. The first-order valence-corrected chi connectivity index (χ1v) is 7.55. The average Bonchev–Trinajstić information content (AvgIpc) is 2.90. The van der Waals surface area contributed by atoms with Crippen molar-refractivity contribution >= 4 is 31.9 Å². The molecule has 0 aromatic heterocycles. The minimum Gasteiger partial charge on any atom is -0.207 e. The number of halogens is 4. The van der Waals surface area contributed by atoms with Crippen molar-refractivity contribution in [1.29, 1.82) is 0 Å². The molecule has 0 N–H and O–H groups in total. The zero-order valence-electron chi connectivity index (χ0n) is 9.10. The van der Waals surface area contributed by atoms with E-state index in [0.29, 0.717) is 11.5 Å². The van der Waals surface area contributed by atoms with Crippen LogP contribution in [0.2, 0.25) is 0 Å². The zero-order valence-corrected chi connectivity index (χ0v) is 12.3. The Morgan fingerprint density at radius 3 is 2.35 bits per heavy atom. The maximum absolute atomic E-state index is 13.8. The molecular weight excluding hydrogens is 354 g/mol. The molecule has 0 aliphatic heterocycles. The van der Waals surface area contributed by atoms with Crippen molar-refractivity contribution in [2.75, 3.05) is 0 Å². The molecule has 17 heavy (non-hydrogen) atoms. The van der Waals surface area contributed by atoms with Crippen LogP contribution in [-0.4, -0.2) is 0 Å². The average molecular weight is 366 g/mol. The third-order valence-electron chi connectivity index (χ3n) is 4.03. The van der Waals surface area contributed by atoms with Crippen molar-refractivity contribution in [2.45, 2.75) is 24.1 Å². The second kappa shape index (κ2) is 4.30. The SMILES string of the molecule is Fc1cc(C(Br)C2CC3CC3C2)c(F)cc1Br. The lowest BCUT2D eigenvalue weighted by atomic mass is 9.94. The van der Waals surface area contributed by atoms with E-state index >= 15 is 0 Å². The molecule has 3 atom stereocenters. The molecule has 0 heterocycles. The molecule has 4 heteroatoms. The summed E-state index contributed by atoms with van der Waals surface area (Å²) in [6.45, 7) is 0. The predicted octanol–water partition coefficient (Wildman–Crippen LogP) is 5.21. The Labute approximate surface area is 116 Å². The molecule has 1 aromatic carbocycles. The highest BCUT2D eigenvalue weighted by Gasteiger charge is 2.47. The van der Waals surface area contributed by atoms with E-state index in [1.54, 1.807) is 0 Å². The Hall–Kier alpha value is 0.0400. The van der Waals surface area contributed by atoms with Gasteiger partial charge in [-0.2, -0.15) is 0 Å². The molecule has 2 aliphatic carbocycles. The number of alkyl halides is 1. The minimum atomic E-state index is -0.394. The summed E-state index contributed by atoms with van der Waals surface area (Å²) in [6.07, 6.45) is 3.64. The van der Waals surface area contributed by atoms with Crippen LogP contribution in [0, 0.1) is 29.4 Å². The Morgan fingerprint density at radius 2 is 1.71 bits per heavy atom. The quantitative estimate of drug-likeness (QED) is 0.498. The fourth-order valence-electron chi connectivity index (χ4n) is 3.00.